The molecule has 1 aromatic carbocycles. The molecule has 2 aliphatic carbocycles. The molecule has 3 aliphatic rings. The Labute approximate surface area is 118 Å². The van der Waals surface area contributed by atoms with Crippen molar-refractivity contribution in [3.05, 3.63) is 58.5 Å². The van der Waals surface area contributed by atoms with Crippen molar-refractivity contribution >= 4 is 18.2 Å². The number of benzene rings is 1. The van der Waals surface area contributed by atoms with Crippen molar-refractivity contribution in [2.24, 2.45) is 11.8 Å². The van der Waals surface area contributed by atoms with E-state index in [4.69, 9.17) is 0 Å². The molecule has 0 bridgehead atoms. The molecule has 1 aromatic rings. The molecule has 0 radical (unpaired) electrons. The molecule has 1 fully saturated rings. The standard InChI is InChI=1S/C18H17NO/c20-12-19-10-9-17-15-7-3-1-5-13(15)11-14-6-2-4-8-16(14)18(17)19/h1-6,8,11-12,15,17H,7,9-10H2. The molecule has 1 saturated heterocycles. The van der Waals surface area contributed by atoms with Crippen LogP contribution in [0.1, 0.15) is 12.8 Å². The Hall–Kier alpha value is -2.09. The fourth-order valence-corrected chi connectivity index (χ4v) is 3.86. The Balaban J connectivity index is 2.07. The number of nitrogens with zero attached hydrogens (tertiary/aromatic N) is 1. The van der Waals surface area contributed by atoms with Crippen LogP contribution in [0.3, 0.4) is 0 Å². The third kappa shape index (κ3) is 1.61. The highest BCUT2D eigenvalue weighted by molar-refractivity contribution is 5.70. The average molecular weight is 263 g/mol. The second-order valence-electron chi connectivity index (χ2n) is 5.75. The molecule has 2 nitrogen and oxygen atoms in total. The second-order valence-corrected chi connectivity index (χ2v) is 5.75. The van der Waals surface area contributed by atoms with Crippen LogP contribution in [0.5, 0.6) is 0 Å². The van der Waals surface area contributed by atoms with Gasteiger partial charge in [0.05, 0.1) is 0 Å². The minimum absolute atomic E-state index is 0.469. The summed E-state index contributed by atoms with van der Waals surface area (Å²) in [5.74, 6) is 0.989. The van der Waals surface area contributed by atoms with Gasteiger partial charge in [0.1, 0.15) is 0 Å². The molecular formula is C18H17NO. The highest BCUT2D eigenvalue weighted by Crippen LogP contribution is 2.41. The molecule has 2 heteroatoms. The minimum Gasteiger partial charge on any atom is -0.318 e. The van der Waals surface area contributed by atoms with Gasteiger partial charge in [-0.15, -0.1) is 0 Å². The predicted molar refractivity (Wildman–Crippen MR) is 79.8 cm³/mol. The van der Waals surface area contributed by atoms with Crippen molar-refractivity contribution in [2.45, 2.75) is 12.8 Å². The topological polar surface area (TPSA) is 20.3 Å². The molecule has 20 heavy (non-hydrogen) atoms. The maximum absolute atomic E-state index is 11.4. The van der Waals surface area contributed by atoms with Crippen LogP contribution in [0.15, 0.2) is 48.1 Å². The van der Waals surface area contributed by atoms with Gasteiger partial charge in [0.25, 0.3) is 0 Å². The van der Waals surface area contributed by atoms with Crippen molar-refractivity contribution in [2.75, 3.05) is 6.54 Å². The molecule has 2 unspecified atom stereocenters. The van der Waals surface area contributed by atoms with Crippen molar-refractivity contribution < 1.29 is 4.79 Å². The first kappa shape index (κ1) is 11.7. The number of amides is 1. The number of allylic oxidation sites excluding steroid dienone is 4. The molecule has 100 valence electrons. The van der Waals surface area contributed by atoms with E-state index in [1.807, 2.05) is 4.90 Å². The first-order valence-corrected chi connectivity index (χ1v) is 7.28. The van der Waals surface area contributed by atoms with Gasteiger partial charge in [-0.1, -0.05) is 48.6 Å². The lowest BCUT2D eigenvalue weighted by Gasteiger charge is -2.26. The lowest BCUT2D eigenvalue weighted by atomic mass is 9.79. The highest BCUT2D eigenvalue weighted by atomic mass is 16.1. The van der Waals surface area contributed by atoms with Crippen molar-refractivity contribution in [3.63, 3.8) is 0 Å². The second kappa shape index (κ2) is 4.48. The Bertz CT molecular complexity index is 741. The first-order valence-electron chi connectivity index (χ1n) is 7.28. The van der Waals surface area contributed by atoms with E-state index in [0.29, 0.717) is 11.8 Å². The number of rotatable bonds is 1. The van der Waals surface area contributed by atoms with Gasteiger partial charge in [0, 0.05) is 23.4 Å². The minimum atomic E-state index is 0.469. The van der Waals surface area contributed by atoms with Crippen LogP contribution in [0.2, 0.25) is 0 Å². The maximum Gasteiger partial charge on any atom is 0.213 e. The first-order chi connectivity index (χ1) is 9.88. The normalized spacial score (nSPS) is 26.9. The zero-order valence-electron chi connectivity index (χ0n) is 11.3. The van der Waals surface area contributed by atoms with Crippen LogP contribution in [0.25, 0.3) is 11.8 Å². The van der Waals surface area contributed by atoms with E-state index in [1.54, 1.807) is 0 Å². The van der Waals surface area contributed by atoms with E-state index < -0.39 is 0 Å². The van der Waals surface area contributed by atoms with E-state index in [2.05, 4.69) is 48.6 Å². The summed E-state index contributed by atoms with van der Waals surface area (Å²) in [6, 6.07) is 8.45. The summed E-state index contributed by atoms with van der Waals surface area (Å²) in [5, 5.41) is 2.47. The summed E-state index contributed by atoms with van der Waals surface area (Å²) in [5.41, 5.74) is 2.64. The smallest absolute Gasteiger partial charge is 0.213 e. The van der Waals surface area contributed by atoms with Crippen LogP contribution >= 0.6 is 0 Å². The van der Waals surface area contributed by atoms with Crippen LogP contribution in [-0.4, -0.2) is 17.9 Å². The summed E-state index contributed by atoms with van der Waals surface area (Å²) >= 11 is 0. The van der Waals surface area contributed by atoms with Gasteiger partial charge >= 0.3 is 0 Å². The third-order valence-corrected chi connectivity index (χ3v) is 4.76. The lowest BCUT2D eigenvalue weighted by Crippen LogP contribution is -2.32. The van der Waals surface area contributed by atoms with Crippen molar-refractivity contribution in [1.29, 1.82) is 0 Å². The van der Waals surface area contributed by atoms with Gasteiger partial charge < -0.3 is 4.90 Å². The molecular weight excluding hydrogens is 246 g/mol. The van der Waals surface area contributed by atoms with Crippen LogP contribution in [0, 0.1) is 11.8 Å². The molecule has 1 amide bonds. The van der Waals surface area contributed by atoms with Crippen LogP contribution in [-0.2, 0) is 4.79 Å². The molecule has 0 aromatic heterocycles. The van der Waals surface area contributed by atoms with E-state index in [9.17, 15) is 4.79 Å². The van der Waals surface area contributed by atoms with Crippen molar-refractivity contribution in [1.82, 2.24) is 4.90 Å². The van der Waals surface area contributed by atoms with Crippen LogP contribution < -0.4 is 10.4 Å². The fraction of sp³-hybridized carbons (Fsp3) is 0.278. The maximum atomic E-state index is 11.4. The molecule has 4 rings (SSSR count). The average Bonchev–Trinajstić information content (AvgIpc) is 2.86. The lowest BCUT2D eigenvalue weighted by molar-refractivity contribution is -0.115. The number of carbonyl (C=O) groups is 1. The molecule has 1 heterocycles. The number of hydrogen-bond acceptors (Lipinski definition) is 1. The Morgan fingerprint density at radius 1 is 1.20 bits per heavy atom. The monoisotopic (exact) mass is 263 g/mol. The fourth-order valence-electron chi connectivity index (χ4n) is 3.86. The molecule has 0 N–H and O–H groups in total. The van der Waals surface area contributed by atoms with Gasteiger partial charge in [-0.3, -0.25) is 4.79 Å². The quantitative estimate of drug-likeness (QED) is 0.704. The van der Waals surface area contributed by atoms with Gasteiger partial charge in [0.15, 0.2) is 0 Å². The number of likely N-dealkylation sites (tertiary alicyclic amines) is 1. The van der Waals surface area contributed by atoms with Crippen molar-refractivity contribution in [3.8, 4) is 0 Å². The van der Waals surface area contributed by atoms with Crippen LogP contribution in [0.4, 0.5) is 0 Å². The van der Waals surface area contributed by atoms with Gasteiger partial charge in [-0.2, -0.15) is 0 Å². The summed E-state index contributed by atoms with van der Waals surface area (Å²) in [4.78, 5) is 13.3. The van der Waals surface area contributed by atoms with E-state index in [1.165, 1.54) is 21.7 Å². The van der Waals surface area contributed by atoms with Gasteiger partial charge in [0.2, 0.25) is 6.41 Å². The summed E-state index contributed by atoms with van der Waals surface area (Å²) in [7, 11) is 0. The largest absolute Gasteiger partial charge is 0.318 e. The Morgan fingerprint density at radius 3 is 3.00 bits per heavy atom. The van der Waals surface area contributed by atoms with E-state index >= 15 is 0 Å². The Kier molecular flexibility index (Phi) is 2.62. The van der Waals surface area contributed by atoms with Gasteiger partial charge in [-0.05, 0) is 29.6 Å². The summed E-state index contributed by atoms with van der Waals surface area (Å²) in [6.45, 7) is 0.853. The van der Waals surface area contributed by atoms with E-state index in [0.717, 1.165) is 25.8 Å². The third-order valence-electron chi connectivity index (χ3n) is 4.76. The molecule has 0 saturated carbocycles. The predicted octanol–water partition coefficient (Wildman–Crippen LogP) is 1.57. The zero-order chi connectivity index (χ0) is 13.5. The summed E-state index contributed by atoms with van der Waals surface area (Å²) < 4.78 is 0. The number of carbonyl (C=O) groups excluding carboxylic acids is 1. The zero-order valence-corrected chi connectivity index (χ0v) is 11.3. The molecule has 1 aliphatic heterocycles. The number of fused-ring (bicyclic) bond motifs is 4. The Morgan fingerprint density at radius 2 is 2.10 bits per heavy atom. The SMILES string of the molecule is O=CN1CCC2C1=c1ccccc1=CC1=CC=CCC12. The van der Waals surface area contributed by atoms with Gasteiger partial charge in [-0.25, -0.2) is 0 Å². The molecule has 2 atom stereocenters. The summed E-state index contributed by atoms with van der Waals surface area (Å²) in [6.07, 6.45) is 12.1. The van der Waals surface area contributed by atoms with E-state index in [-0.39, 0.29) is 0 Å². The highest BCUT2D eigenvalue weighted by Gasteiger charge is 2.36. The number of hydrogen-bond donors (Lipinski definition) is 0. The molecule has 0 spiro atoms.